The van der Waals surface area contributed by atoms with Crippen LogP contribution in [0.25, 0.3) is 0 Å². The van der Waals surface area contributed by atoms with Gasteiger partial charge in [-0.1, -0.05) is 35.9 Å². The van der Waals surface area contributed by atoms with Crippen molar-refractivity contribution in [3.05, 3.63) is 83.4 Å². The number of nitrogens with one attached hydrogen (secondary N) is 2. The Bertz CT molecular complexity index is 1130. The van der Waals surface area contributed by atoms with E-state index in [9.17, 15) is 13.2 Å². The second kappa shape index (κ2) is 9.55. The number of thioether (sulfide) groups is 1. The summed E-state index contributed by atoms with van der Waals surface area (Å²) in [5.74, 6) is -0.140. The maximum Gasteiger partial charge on any atom is 0.261 e. The van der Waals surface area contributed by atoms with E-state index >= 15 is 0 Å². The smallest absolute Gasteiger partial charge is 0.261 e. The minimum Gasteiger partial charge on any atom is -0.325 e. The van der Waals surface area contributed by atoms with E-state index in [4.69, 9.17) is 11.6 Å². The van der Waals surface area contributed by atoms with Crippen LogP contribution in [-0.2, 0) is 14.8 Å². The van der Waals surface area contributed by atoms with Crippen LogP contribution in [-0.4, -0.2) is 19.6 Å². The summed E-state index contributed by atoms with van der Waals surface area (Å²) in [4.78, 5) is 13.6. The summed E-state index contributed by atoms with van der Waals surface area (Å²) in [6.07, 6.45) is 0. The molecule has 0 fully saturated rings. The van der Waals surface area contributed by atoms with Gasteiger partial charge in [-0.25, -0.2) is 8.42 Å². The van der Waals surface area contributed by atoms with Gasteiger partial charge in [0.1, 0.15) is 0 Å². The van der Waals surface area contributed by atoms with Crippen LogP contribution in [0.1, 0.15) is 12.5 Å². The standard InChI is InChI=1S/C22H21ClN2O3S2/c1-15-20(23)9-6-10-21(15)24-22(26)16(2)29-18-13-11-17(12-14-18)25-30(27,28)19-7-4-3-5-8-19/h3-14,16,25H,1-2H3,(H,24,26). The summed E-state index contributed by atoms with van der Waals surface area (Å²) < 4.78 is 27.4. The van der Waals surface area contributed by atoms with Crippen LogP contribution in [0.2, 0.25) is 5.02 Å². The van der Waals surface area contributed by atoms with Gasteiger partial charge in [0, 0.05) is 21.3 Å². The fraction of sp³-hybridized carbons (Fsp3) is 0.136. The van der Waals surface area contributed by atoms with Crippen molar-refractivity contribution < 1.29 is 13.2 Å². The van der Waals surface area contributed by atoms with Gasteiger partial charge in [0.15, 0.2) is 0 Å². The maximum atomic E-state index is 12.5. The first-order valence-electron chi connectivity index (χ1n) is 9.17. The normalized spacial score (nSPS) is 12.2. The number of hydrogen-bond acceptors (Lipinski definition) is 4. The van der Waals surface area contributed by atoms with Gasteiger partial charge in [0.2, 0.25) is 5.91 Å². The van der Waals surface area contributed by atoms with Crippen molar-refractivity contribution in [3.63, 3.8) is 0 Å². The predicted molar refractivity (Wildman–Crippen MR) is 124 cm³/mol. The van der Waals surface area contributed by atoms with Gasteiger partial charge < -0.3 is 5.32 Å². The number of rotatable bonds is 7. The van der Waals surface area contributed by atoms with Crippen LogP contribution in [0.3, 0.4) is 0 Å². The van der Waals surface area contributed by atoms with Crippen LogP contribution < -0.4 is 10.0 Å². The molecule has 0 aliphatic rings. The molecule has 1 atom stereocenters. The summed E-state index contributed by atoms with van der Waals surface area (Å²) in [7, 11) is -3.64. The van der Waals surface area contributed by atoms with Crippen molar-refractivity contribution in [1.29, 1.82) is 0 Å². The fourth-order valence-electron chi connectivity index (χ4n) is 2.65. The van der Waals surface area contributed by atoms with E-state index in [1.807, 2.05) is 19.9 Å². The molecule has 0 aromatic heterocycles. The summed E-state index contributed by atoms with van der Waals surface area (Å²) in [6.45, 7) is 3.66. The Labute approximate surface area is 185 Å². The number of halogens is 1. The van der Waals surface area contributed by atoms with Crippen LogP contribution >= 0.6 is 23.4 Å². The largest absolute Gasteiger partial charge is 0.325 e. The molecule has 0 spiro atoms. The zero-order chi connectivity index (χ0) is 21.7. The maximum absolute atomic E-state index is 12.5. The molecule has 0 heterocycles. The molecule has 0 saturated heterocycles. The molecular formula is C22H21ClN2O3S2. The third-order valence-corrected chi connectivity index (χ3v) is 7.29. The first kappa shape index (κ1) is 22.2. The van der Waals surface area contributed by atoms with Gasteiger partial charge in [-0.2, -0.15) is 0 Å². The van der Waals surface area contributed by atoms with Gasteiger partial charge >= 0.3 is 0 Å². The Morgan fingerprint density at radius 1 is 0.967 bits per heavy atom. The molecule has 8 heteroatoms. The van der Waals surface area contributed by atoms with E-state index in [1.165, 1.54) is 23.9 Å². The second-order valence-electron chi connectivity index (χ2n) is 6.60. The van der Waals surface area contributed by atoms with E-state index in [0.717, 1.165) is 10.5 Å². The Kier molecular flexibility index (Phi) is 7.07. The first-order chi connectivity index (χ1) is 14.3. The van der Waals surface area contributed by atoms with Crippen LogP contribution in [0.5, 0.6) is 0 Å². The number of anilines is 2. The van der Waals surface area contributed by atoms with Crippen molar-refractivity contribution in [2.45, 2.75) is 28.9 Å². The Balaban J connectivity index is 1.62. The molecule has 0 aliphatic heterocycles. The predicted octanol–water partition coefficient (Wildman–Crippen LogP) is 5.57. The van der Waals surface area contributed by atoms with Crippen LogP contribution in [0, 0.1) is 6.92 Å². The third kappa shape index (κ3) is 5.56. The van der Waals surface area contributed by atoms with Gasteiger partial charge in [-0.3, -0.25) is 9.52 Å². The molecule has 3 aromatic rings. The molecular weight excluding hydrogens is 440 g/mol. The Hall–Kier alpha value is -2.48. The summed E-state index contributed by atoms with van der Waals surface area (Å²) in [5, 5.41) is 3.14. The van der Waals surface area contributed by atoms with Crippen molar-refractivity contribution in [2.24, 2.45) is 0 Å². The molecule has 1 unspecified atom stereocenters. The van der Waals surface area contributed by atoms with Crippen molar-refractivity contribution in [1.82, 2.24) is 0 Å². The lowest BCUT2D eigenvalue weighted by Gasteiger charge is -2.14. The Morgan fingerprint density at radius 2 is 1.63 bits per heavy atom. The number of sulfonamides is 1. The monoisotopic (exact) mass is 460 g/mol. The van der Waals surface area contributed by atoms with Gasteiger partial charge in [-0.15, -0.1) is 11.8 Å². The average molecular weight is 461 g/mol. The SMILES string of the molecule is Cc1c(Cl)cccc1NC(=O)C(C)Sc1ccc(NS(=O)(=O)c2ccccc2)cc1. The minimum absolute atomic E-state index is 0.140. The van der Waals surface area contributed by atoms with Crippen molar-refractivity contribution in [2.75, 3.05) is 10.0 Å². The molecule has 3 aromatic carbocycles. The number of carbonyl (C=O) groups is 1. The summed E-state index contributed by atoms with van der Waals surface area (Å²) in [5.41, 5.74) is 1.96. The van der Waals surface area contributed by atoms with Gasteiger partial charge in [0.25, 0.3) is 10.0 Å². The van der Waals surface area contributed by atoms with Gasteiger partial charge in [0.05, 0.1) is 10.1 Å². The molecule has 2 N–H and O–H groups in total. The van der Waals surface area contributed by atoms with E-state index in [-0.39, 0.29) is 16.1 Å². The number of hydrogen-bond donors (Lipinski definition) is 2. The molecule has 0 saturated carbocycles. The highest BCUT2D eigenvalue weighted by Crippen LogP contribution is 2.28. The van der Waals surface area contributed by atoms with Crippen LogP contribution in [0.4, 0.5) is 11.4 Å². The third-order valence-electron chi connectivity index (χ3n) is 4.37. The zero-order valence-electron chi connectivity index (χ0n) is 16.4. The molecule has 156 valence electrons. The number of amides is 1. The summed E-state index contributed by atoms with van der Waals surface area (Å²) >= 11 is 7.48. The second-order valence-corrected chi connectivity index (χ2v) is 10.1. The van der Waals surface area contributed by atoms with Crippen molar-refractivity contribution in [3.8, 4) is 0 Å². The van der Waals surface area contributed by atoms with Gasteiger partial charge in [-0.05, 0) is 67.9 Å². The molecule has 1 amide bonds. The highest BCUT2D eigenvalue weighted by atomic mass is 35.5. The van der Waals surface area contributed by atoms with E-state index in [1.54, 1.807) is 54.6 Å². The first-order valence-corrected chi connectivity index (χ1v) is 11.9. The number of carbonyl (C=O) groups excluding carboxylic acids is 1. The highest BCUT2D eigenvalue weighted by molar-refractivity contribution is 8.00. The number of benzene rings is 3. The van der Waals surface area contributed by atoms with E-state index < -0.39 is 10.0 Å². The molecule has 0 aliphatic carbocycles. The lowest BCUT2D eigenvalue weighted by atomic mass is 10.2. The molecule has 5 nitrogen and oxygen atoms in total. The van der Waals surface area contributed by atoms with E-state index in [0.29, 0.717) is 16.4 Å². The van der Waals surface area contributed by atoms with Crippen LogP contribution in [0.15, 0.2) is 82.6 Å². The lowest BCUT2D eigenvalue weighted by Crippen LogP contribution is -2.22. The average Bonchev–Trinajstić information content (AvgIpc) is 2.73. The quantitative estimate of drug-likeness (QED) is 0.452. The molecule has 0 bridgehead atoms. The highest BCUT2D eigenvalue weighted by Gasteiger charge is 2.17. The molecule has 0 radical (unpaired) electrons. The summed E-state index contributed by atoms with van der Waals surface area (Å²) in [6, 6.07) is 20.5. The zero-order valence-corrected chi connectivity index (χ0v) is 18.8. The topological polar surface area (TPSA) is 75.3 Å². The molecule has 3 rings (SSSR count). The molecule has 30 heavy (non-hydrogen) atoms. The van der Waals surface area contributed by atoms with E-state index in [2.05, 4.69) is 10.0 Å². The fourth-order valence-corrected chi connectivity index (χ4v) is 4.77. The lowest BCUT2D eigenvalue weighted by molar-refractivity contribution is -0.115. The Morgan fingerprint density at radius 3 is 2.30 bits per heavy atom. The van der Waals surface area contributed by atoms with Crippen molar-refractivity contribution >= 4 is 50.7 Å². The minimum atomic E-state index is -3.64.